The van der Waals surface area contributed by atoms with Gasteiger partial charge in [0, 0.05) is 31.1 Å². The van der Waals surface area contributed by atoms with E-state index in [1.165, 1.54) is 17.4 Å². The molecule has 2 aromatic carbocycles. The Labute approximate surface area is 199 Å². The number of ether oxygens (including phenoxy) is 1. The molecule has 5 nitrogen and oxygen atoms in total. The average molecular weight is 471 g/mol. The second-order valence-electron chi connectivity index (χ2n) is 9.84. The van der Waals surface area contributed by atoms with Gasteiger partial charge in [-0.3, -0.25) is 4.90 Å². The Hall–Kier alpha value is -1.73. The Morgan fingerprint density at radius 2 is 1.61 bits per heavy atom. The molecule has 2 aliphatic rings. The summed E-state index contributed by atoms with van der Waals surface area (Å²) in [7, 11) is -3.25. The number of benzene rings is 2. The highest BCUT2D eigenvalue weighted by molar-refractivity contribution is 7.88. The minimum absolute atomic E-state index is 0.0696. The van der Waals surface area contributed by atoms with E-state index in [2.05, 4.69) is 71.1 Å². The van der Waals surface area contributed by atoms with E-state index in [-0.39, 0.29) is 18.1 Å². The summed E-state index contributed by atoms with van der Waals surface area (Å²) in [5.74, 6) is 0.772. The zero-order valence-electron chi connectivity index (χ0n) is 19.9. The third-order valence-corrected chi connectivity index (χ3v) is 8.18. The summed E-state index contributed by atoms with van der Waals surface area (Å²) in [6, 6.07) is 21.6. The predicted octanol–water partition coefficient (Wildman–Crippen LogP) is 4.73. The first-order valence-electron chi connectivity index (χ1n) is 12.3. The molecule has 1 saturated heterocycles. The number of hydrogen-bond donors (Lipinski definition) is 1. The van der Waals surface area contributed by atoms with Gasteiger partial charge in [-0.25, -0.2) is 13.1 Å². The maximum Gasteiger partial charge on any atom is 0.208 e. The van der Waals surface area contributed by atoms with Crippen molar-refractivity contribution in [3.05, 3.63) is 71.8 Å². The topological polar surface area (TPSA) is 58.6 Å². The van der Waals surface area contributed by atoms with Crippen molar-refractivity contribution in [3.8, 4) is 0 Å². The van der Waals surface area contributed by atoms with Gasteiger partial charge in [0.1, 0.15) is 0 Å². The van der Waals surface area contributed by atoms with Gasteiger partial charge in [-0.2, -0.15) is 0 Å². The number of likely N-dealkylation sites (tertiary alicyclic amines) is 1. The Bertz CT molecular complexity index is 959. The molecular formula is C27H38N2O3S. The van der Waals surface area contributed by atoms with E-state index in [4.69, 9.17) is 4.74 Å². The number of piperidine rings is 1. The zero-order chi connectivity index (χ0) is 23.3. The predicted molar refractivity (Wildman–Crippen MR) is 134 cm³/mol. The van der Waals surface area contributed by atoms with Gasteiger partial charge in [-0.05, 0) is 56.1 Å². The van der Waals surface area contributed by atoms with Gasteiger partial charge in [0.2, 0.25) is 10.0 Å². The zero-order valence-corrected chi connectivity index (χ0v) is 20.7. The van der Waals surface area contributed by atoms with Crippen molar-refractivity contribution in [2.45, 2.75) is 63.1 Å². The standard InChI is InChI=1S/C27H38N2O3S/c1-21(22-9-5-3-6-10-22)29-18-17-27(28-33(2,30)31)25(19-29)20-32-26-15-13-24(14-16-26)23-11-7-4-8-12-23/h3-12,21,24-28H,13-20H2,1-2H3/t21-,24?,25-,26?,27-/m0/s1. The van der Waals surface area contributed by atoms with E-state index in [1.54, 1.807) is 0 Å². The van der Waals surface area contributed by atoms with E-state index >= 15 is 0 Å². The number of nitrogens with zero attached hydrogens (tertiary/aromatic N) is 1. The SMILES string of the molecule is C[C@@H](c1ccccc1)N1CC[C@H](NS(C)(=O)=O)[C@H](COC2CCC(c3ccccc3)CC2)C1. The lowest BCUT2D eigenvalue weighted by atomic mass is 9.82. The Balaban J connectivity index is 1.35. The van der Waals surface area contributed by atoms with Crippen LogP contribution in [0.3, 0.4) is 0 Å². The van der Waals surface area contributed by atoms with E-state index in [9.17, 15) is 8.42 Å². The number of sulfonamides is 1. The number of nitrogens with one attached hydrogen (secondary N) is 1. The van der Waals surface area contributed by atoms with Crippen molar-refractivity contribution < 1.29 is 13.2 Å². The van der Waals surface area contributed by atoms with Gasteiger partial charge in [0.25, 0.3) is 0 Å². The molecule has 0 aromatic heterocycles. The van der Waals surface area contributed by atoms with Crippen molar-refractivity contribution in [3.63, 3.8) is 0 Å². The summed E-state index contributed by atoms with van der Waals surface area (Å²) in [4.78, 5) is 2.47. The van der Waals surface area contributed by atoms with Crippen LogP contribution in [-0.2, 0) is 14.8 Å². The van der Waals surface area contributed by atoms with Crippen LogP contribution in [0.4, 0.5) is 0 Å². The molecule has 2 fully saturated rings. The molecule has 4 rings (SSSR count). The normalized spacial score (nSPS) is 27.8. The molecule has 0 radical (unpaired) electrons. The highest BCUT2D eigenvalue weighted by Crippen LogP contribution is 2.34. The Kier molecular flexibility index (Phi) is 8.23. The van der Waals surface area contributed by atoms with Gasteiger partial charge < -0.3 is 4.74 Å². The van der Waals surface area contributed by atoms with Crippen molar-refractivity contribution >= 4 is 10.0 Å². The summed E-state index contributed by atoms with van der Waals surface area (Å²) in [6.45, 7) is 4.55. The van der Waals surface area contributed by atoms with Crippen LogP contribution >= 0.6 is 0 Å². The minimum Gasteiger partial charge on any atom is -0.378 e. The van der Waals surface area contributed by atoms with Crippen LogP contribution in [-0.4, -0.2) is 51.4 Å². The van der Waals surface area contributed by atoms with Gasteiger partial charge in [0.15, 0.2) is 0 Å². The second kappa shape index (κ2) is 11.1. The molecule has 1 saturated carbocycles. The monoisotopic (exact) mass is 470 g/mol. The van der Waals surface area contributed by atoms with Crippen molar-refractivity contribution in [1.29, 1.82) is 0 Å². The first-order chi connectivity index (χ1) is 15.9. The maximum absolute atomic E-state index is 12.0. The minimum atomic E-state index is -3.25. The smallest absolute Gasteiger partial charge is 0.208 e. The summed E-state index contributed by atoms with van der Waals surface area (Å²) >= 11 is 0. The van der Waals surface area contributed by atoms with Gasteiger partial charge >= 0.3 is 0 Å². The Morgan fingerprint density at radius 3 is 2.24 bits per heavy atom. The third kappa shape index (κ3) is 6.89. The molecule has 0 unspecified atom stereocenters. The van der Waals surface area contributed by atoms with Crippen LogP contribution < -0.4 is 4.72 Å². The van der Waals surface area contributed by atoms with Crippen LogP contribution in [0.2, 0.25) is 0 Å². The van der Waals surface area contributed by atoms with Crippen molar-refractivity contribution in [1.82, 2.24) is 9.62 Å². The van der Waals surface area contributed by atoms with Crippen molar-refractivity contribution in [2.24, 2.45) is 5.92 Å². The largest absolute Gasteiger partial charge is 0.378 e. The van der Waals surface area contributed by atoms with E-state index < -0.39 is 10.0 Å². The lowest BCUT2D eigenvalue weighted by Crippen LogP contribution is -2.52. The van der Waals surface area contributed by atoms with Crippen LogP contribution in [0.5, 0.6) is 0 Å². The molecule has 0 spiro atoms. The summed E-state index contributed by atoms with van der Waals surface area (Å²) in [5, 5.41) is 0. The first kappa shape index (κ1) is 24.4. The summed E-state index contributed by atoms with van der Waals surface area (Å²) in [5.41, 5.74) is 2.73. The highest BCUT2D eigenvalue weighted by Gasteiger charge is 2.34. The highest BCUT2D eigenvalue weighted by atomic mass is 32.2. The molecule has 33 heavy (non-hydrogen) atoms. The van der Waals surface area contributed by atoms with Gasteiger partial charge in [0.05, 0.1) is 19.0 Å². The lowest BCUT2D eigenvalue weighted by molar-refractivity contribution is -0.0215. The molecular weight excluding hydrogens is 432 g/mol. The molecule has 1 heterocycles. The number of rotatable bonds is 8. The Morgan fingerprint density at radius 1 is 0.970 bits per heavy atom. The van der Waals surface area contributed by atoms with Crippen LogP contribution in [0.15, 0.2) is 60.7 Å². The maximum atomic E-state index is 12.0. The fourth-order valence-electron chi connectivity index (χ4n) is 5.50. The van der Waals surface area contributed by atoms with E-state index in [0.717, 1.165) is 45.2 Å². The first-order valence-corrected chi connectivity index (χ1v) is 14.2. The second-order valence-corrected chi connectivity index (χ2v) is 11.6. The lowest BCUT2D eigenvalue weighted by Gasteiger charge is -2.42. The molecule has 2 aromatic rings. The van der Waals surface area contributed by atoms with Crippen LogP contribution in [0.25, 0.3) is 0 Å². The van der Waals surface area contributed by atoms with Gasteiger partial charge in [-0.15, -0.1) is 0 Å². The molecule has 6 heteroatoms. The van der Waals surface area contributed by atoms with E-state index in [1.807, 2.05) is 6.07 Å². The average Bonchev–Trinajstić information content (AvgIpc) is 2.83. The van der Waals surface area contributed by atoms with Gasteiger partial charge in [-0.1, -0.05) is 60.7 Å². The summed E-state index contributed by atoms with van der Waals surface area (Å²) in [6.07, 6.45) is 6.78. The summed E-state index contributed by atoms with van der Waals surface area (Å²) < 4.78 is 33.3. The van der Waals surface area contributed by atoms with E-state index in [0.29, 0.717) is 18.6 Å². The van der Waals surface area contributed by atoms with Crippen molar-refractivity contribution in [2.75, 3.05) is 26.0 Å². The molecule has 1 aliphatic heterocycles. The number of hydrogen-bond acceptors (Lipinski definition) is 4. The molecule has 1 N–H and O–H groups in total. The van der Waals surface area contributed by atoms with Crippen LogP contribution in [0.1, 0.15) is 62.1 Å². The fourth-order valence-corrected chi connectivity index (χ4v) is 6.36. The molecule has 0 amide bonds. The van der Waals surface area contributed by atoms with Crippen LogP contribution in [0, 0.1) is 5.92 Å². The molecule has 3 atom stereocenters. The third-order valence-electron chi connectivity index (χ3n) is 7.45. The molecule has 0 bridgehead atoms. The molecule has 1 aliphatic carbocycles. The molecule has 180 valence electrons. The fraction of sp³-hybridized carbons (Fsp3) is 0.556. The quantitative estimate of drug-likeness (QED) is 0.606.